The van der Waals surface area contributed by atoms with E-state index in [4.69, 9.17) is 9.31 Å². The molecule has 21 heavy (non-hydrogen) atoms. The summed E-state index contributed by atoms with van der Waals surface area (Å²) in [4.78, 5) is 0. The van der Waals surface area contributed by atoms with E-state index < -0.39 is 30.1 Å². The highest BCUT2D eigenvalue weighted by molar-refractivity contribution is 6.68. The van der Waals surface area contributed by atoms with E-state index >= 15 is 0 Å². The Kier molecular flexibility index (Phi) is 3.75. The average molecular weight is 298 g/mol. The van der Waals surface area contributed by atoms with Gasteiger partial charge in [0.25, 0.3) is 0 Å². The van der Waals surface area contributed by atoms with Crippen molar-refractivity contribution in [3.8, 4) is 0 Å². The van der Waals surface area contributed by atoms with Gasteiger partial charge in [0.2, 0.25) is 0 Å². The maximum absolute atomic E-state index is 12.6. The zero-order valence-corrected chi connectivity index (χ0v) is 12.5. The minimum Gasteiger partial charge on any atom is -0.399 e. The van der Waals surface area contributed by atoms with Gasteiger partial charge in [-0.1, -0.05) is 18.7 Å². The van der Waals surface area contributed by atoms with Crippen molar-refractivity contribution >= 4 is 12.6 Å². The summed E-state index contributed by atoms with van der Waals surface area (Å²) in [7, 11) is -0.660. The van der Waals surface area contributed by atoms with E-state index in [1.165, 1.54) is 12.1 Å². The van der Waals surface area contributed by atoms with Crippen LogP contribution in [-0.4, -0.2) is 18.3 Å². The highest BCUT2D eigenvalue weighted by Gasteiger charge is 2.52. The van der Waals surface area contributed by atoms with Crippen LogP contribution < -0.4 is 0 Å². The molecule has 6 heteroatoms. The lowest BCUT2D eigenvalue weighted by atomic mass is 9.75. The minimum absolute atomic E-state index is 0.507. The highest BCUT2D eigenvalue weighted by Crippen LogP contribution is 2.40. The molecule has 0 N–H and O–H groups in total. The SMILES string of the molecule is C=C(B1OC(C)(C)C(C)(C)O1)c1ccc(C(F)(F)F)cc1. The molecule has 1 aliphatic heterocycles. The largest absolute Gasteiger partial charge is 0.494 e. The third-order valence-electron chi connectivity index (χ3n) is 4.12. The first-order valence-electron chi connectivity index (χ1n) is 6.66. The zero-order chi connectivity index (χ0) is 16.1. The van der Waals surface area contributed by atoms with Crippen molar-refractivity contribution in [1.29, 1.82) is 0 Å². The molecule has 2 nitrogen and oxygen atoms in total. The van der Waals surface area contributed by atoms with Crippen LogP contribution in [0.2, 0.25) is 0 Å². The number of benzene rings is 1. The van der Waals surface area contributed by atoms with Gasteiger partial charge >= 0.3 is 13.3 Å². The number of hydrogen-bond donors (Lipinski definition) is 0. The molecule has 0 amide bonds. The van der Waals surface area contributed by atoms with Crippen molar-refractivity contribution in [3.63, 3.8) is 0 Å². The maximum atomic E-state index is 12.6. The van der Waals surface area contributed by atoms with Gasteiger partial charge in [0.1, 0.15) is 0 Å². The van der Waals surface area contributed by atoms with Crippen LogP contribution in [0.3, 0.4) is 0 Å². The molecule has 0 saturated carbocycles. The smallest absolute Gasteiger partial charge is 0.399 e. The van der Waals surface area contributed by atoms with Gasteiger partial charge in [-0.25, -0.2) is 0 Å². The van der Waals surface area contributed by atoms with E-state index in [1.807, 2.05) is 27.7 Å². The lowest BCUT2D eigenvalue weighted by Gasteiger charge is -2.32. The van der Waals surface area contributed by atoms with Crippen LogP contribution in [0.1, 0.15) is 38.8 Å². The van der Waals surface area contributed by atoms with E-state index in [-0.39, 0.29) is 0 Å². The van der Waals surface area contributed by atoms with Crippen LogP contribution in [0, 0.1) is 0 Å². The van der Waals surface area contributed by atoms with Crippen LogP contribution >= 0.6 is 0 Å². The summed E-state index contributed by atoms with van der Waals surface area (Å²) in [6, 6.07) is 4.84. The Morgan fingerprint density at radius 1 is 1.00 bits per heavy atom. The van der Waals surface area contributed by atoms with Crippen molar-refractivity contribution in [2.75, 3.05) is 0 Å². The first-order valence-corrected chi connectivity index (χ1v) is 6.66. The van der Waals surface area contributed by atoms with E-state index in [0.717, 1.165) is 12.1 Å². The fourth-order valence-electron chi connectivity index (χ4n) is 1.99. The molecule has 1 heterocycles. The number of alkyl halides is 3. The molecule has 0 atom stereocenters. The maximum Gasteiger partial charge on any atom is 0.494 e. The number of halogens is 3. The Hall–Kier alpha value is -1.27. The van der Waals surface area contributed by atoms with E-state index in [0.29, 0.717) is 11.0 Å². The second kappa shape index (κ2) is 4.88. The van der Waals surface area contributed by atoms with Gasteiger partial charge < -0.3 is 9.31 Å². The molecule has 0 aliphatic carbocycles. The Morgan fingerprint density at radius 3 is 1.81 bits per heavy atom. The van der Waals surface area contributed by atoms with Gasteiger partial charge in [-0.3, -0.25) is 0 Å². The van der Waals surface area contributed by atoms with E-state index in [1.54, 1.807) is 0 Å². The van der Waals surface area contributed by atoms with Crippen LogP contribution in [0.25, 0.3) is 5.47 Å². The molecule has 2 rings (SSSR count). The van der Waals surface area contributed by atoms with Crippen LogP contribution in [0.15, 0.2) is 30.8 Å². The zero-order valence-electron chi connectivity index (χ0n) is 12.5. The summed E-state index contributed by atoms with van der Waals surface area (Å²) >= 11 is 0. The second-order valence-corrected chi connectivity index (χ2v) is 6.19. The molecule has 0 unspecified atom stereocenters. The molecule has 114 valence electrons. The molecule has 1 aromatic rings. The molecule has 1 aliphatic rings. The summed E-state index contributed by atoms with van der Waals surface area (Å²) in [5.74, 6) is 0. The van der Waals surface area contributed by atoms with Crippen molar-refractivity contribution in [3.05, 3.63) is 42.0 Å². The summed E-state index contributed by atoms with van der Waals surface area (Å²) in [5, 5.41) is 0. The molecular weight excluding hydrogens is 280 g/mol. The molecule has 1 aromatic carbocycles. The third kappa shape index (κ3) is 3.01. The Bertz CT molecular complexity index is 531. The van der Waals surface area contributed by atoms with Gasteiger partial charge in [-0.2, -0.15) is 13.2 Å². The third-order valence-corrected chi connectivity index (χ3v) is 4.12. The predicted octanol–water partition coefficient (Wildman–Crippen LogP) is 4.35. The van der Waals surface area contributed by atoms with Crippen molar-refractivity contribution in [1.82, 2.24) is 0 Å². The van der Waals surface area contributed by atoms with Gasteiger partial charge in [0, 0.05) is 0 Å². The van der Waals surface area contributed by atoms with Crippen molar-refractivity contribution < 1.29 is 22.5 Å². The second-order valence-electron chi connectivity index (χ2n) is 6.19. The Balaban J connectivity index is 2.19. The fraction of sp³-hybridized carbons (Fsp3) is 0.467. The van der Waals surface area contributed by atoms with Crippen molar-refractivity contribution in [2.45, 2.75) is 45.1 Å². The van der Waals surface area contributed by atoms with Crippen LogP contribution in [0.4, 0.5) is 13.2 Å². The van der Waals surface area contributed by atoms with Gasteiger partial charge in [0.15, 0.2) is 0 Å². The molecular formula is C15H18BF3O2. The van der Waals surface area contributed by atoms with Gasteiger partial charge in [-0.15, -0.1) is 0 Å². The summed E-state index contributed by atoms with van der Waals surface area (Å²) in [6.07, 6.45) is -4.34. The molecule has 0 bridgehead atoms. The van der Waals surface area contributed by atoms with Gasteiger partial charge in [-0.05, 0) is 50.9 Å². The fourth-order valence-corrected chi connectivity index (χ4v) is 1.99. The van der Waals surface area contributed by atoms with E-state index in [9.17, 15) is 13.2 Å². The monoisotopic (exact) mass is 298 g/mol. The Labute approximate surface area is 123 Å². The van der Waals surface area contributed by atoms with Crippen LogP contribution in [0.5, 0.6) is 0 Å². The average Bonchev–Trinajstić information content (AvgIpc) is 2.57. The minimum atomic E-state index is -4.34. The molecule has 0 spiro atoms. The molecule has 0 radical (unpaired) electrons. The summed E-state index contributed by atoms with van der Waals surface area (Å²) in [6.45, 7) is 11.5. The predicted molar refractivity (Wildman–Crippen MR) is 76.6 cm³/mol. The Morgan fingerprint density at radius 2 is 1.43 bits per heavy atom. The molecule has 1 fully saturated rings. The van der Waals surface area contributed by atoms with Crippen molar-refractivity contribution in [2.24, 2.45) is 0 Å². The first-order chi connectivity index (χ1) is 9.44. The lowest BCUT2D eigenvalue weighted by molar-refractivity contribution is -0.137. The topological polar surface area (TPSA) is 18.5 Å². The molecule has 0 aromatic heterocycles. The highest BCUT2D eigenvalue weighted by atomic mass is 19.4. The summed E-state index contributed by atoms with van der Waals surface area (Å²) < 4.78 is 49.3. The molecule has 1 saturated heterocycles. The van der Waals surface area contributed by atoms with Gasteiger partial charge in [0.05, 0.1) is 16.8 Å². The normalized spacial score (nSPS) is 20.6. The first kappa shape index (κ1) is 16.1. The summed E-state index contributed by atoms with van der Waals surface area (Å²) in [5.41, 5.74) is -0.615. The standard InChI is InChI=1S/C15H18BF3O2/c1-10(16-20-13(2,3)14(4,5)21-16)11-6-8-12(9-7-11)15(17,18)19/h6-9H,1H2,2-5H3. The number of rotatable bonds is 2. The quantitative estimate of drug-likeness (QED) is 0.756. The van der Waals surface area contributed by atoms with Crippen LogP contribution in [-0.2, 0) is 15.5 Å². The van der Waals surface area contributed by atoms with E-state index in [2.05, 4.69) is 6.58 Å². The number of hydrogen-bond acceptors (Lipinski definition) is 2. The lowest BCUT2D eigenvalue weighted by Crippen LogP contribution is -2.41.